The molecule has 1 aromatic carbocycles. The summed E-state index contributed by atoms with van der Waals surface area (Å²) in [5, 5.41) is 0. The van der Waals surface area contributed by atoms with Crippen molar-refractivity contribution in [2.75, 3.05) is 25.7 Å². The molecule has 0 N–H and O–H groups in total. The van der Waals surface area contributed by atoms with Gasteiger partial charge in [-0.25, -0.2) is 0 Å². The molecule has 0 amide bonds. The van der Waals surface area contributed by atoms with Crippen molar-refractivity contribution in [3.63, 3.8) is 0 Å². The number of carbonyl (C=O) groups excluding carboxylic acids is 2. The third-order valence-electron chi connectivity index (χ3n) is 4.47. The number of hydrogen-bond acceptors (Lipinski definition) is 6. The highest BCUT2D eigenvalue weighted by Gasteiger charge is 2.29. The molecule has 0 spiro atoms. The number of carbonyl (C=O) groups is 2. The zero-order valence-electron chi connectivity index (χ0n) is 17.0. The highest BCUT2D eigenvalue weighted by Crippen LogP contribution is 2.28. The van der Waals surface area contributed by atoms with E-state index in [-0.39, 0.29) is 11.9 Å². The molecule has 0 saturated heterocycles. The maximum absolute atomic E-state index is 12.5. The zero-order chi connectivity index (χ0) is 20.7. The number of ether oxygens (including phenoxy) is 2. The third-order valence-corrected chi connectivity index (χ3v) is 6.86. The first-order chi connectivity index (χ1) is 12.5. The topological polar surface area (TPSA) is 69.7 Å². The molecule has 7 heteroatoms. The SMILES string of the molecule is COC(=O)C(C)(C)CCSc1ccc(S(=O)CCC(C)(C)C(=O)OC)cc1. The molecule has 27 heavy (non-hydrogen) atoms. The Kier molecular flexibility index (Phi) is 9.02. The lowest BCUT2D eigenvalue weighted by Gasteiger charge is -2.21. The summed E-state index contributed by atoms with van der Waals surface area (Å²) in [5.74, 6) is 0.699. The molecule has 1 atom stereocenters. The molecule has 0 aliphatic heterocycles. The summed E-state index contributed by atoms with van der Waals surface area (Å²) < 4.78 is 22.1. The Hall–Kier alpha value is -1.34. The lowest BCUT2D eigenvalue weighted by Crippen LogP contribution is -2.27. The van der Waals surface area contributed by atoms with Crippen LogP contribution in [0.3, 0.4) is 0 Å². The average Bonchev–Trinajstić information content (AvgIpc) is 2.65. The first-order valence-corrected chi connectivity index (χ1v) is 11.1. The van der Waals surface area contributed by atoms with Gasteiger partial charge in [0.15, 0.2) is 0 Å². The second-order valence-corrected chi connectivity index (χ2v) is 10.4. The Morgan fingerprint density at radius 2 is 1.41 bits per heavy atom. The molecule has 0 aromatic heterocycles. The second kappa shape index (κ2) is 10.3. The Morgan fingerprint density at radius 3 is 1.89 bits per heavy atom. The van der Waals surface area contributed by atoms with Gasteiger partial charge in [0.1, 0.15) is 0 Å². The van der Waals surface area contributed by atoms with Crippen LogP contribution >= 0.6 is 11.8 Å². The van der Waals surface area contributed by atoms with E-state index in [4.69, 9.17) is 9.47 Å². The maximum Gasteiger partial charge on any atom is 0.311 e. The fourth-order valence-corrected chi connectivity index (χ4v) is 4.88. The summed E-state index contributed by atoms with van der Waals surface area (Å²) in [7, 11) is 1.61. The quantitative estimate of drug-likeness (QED) is 0.425. The van der Waals surface area contributed by atoms with E-state index >= 15 is 0 Å². The van der Waals surface area contributed by atoms with Crippen LogP contribution < -0.4 is 0 Å². The Morgan fingerprint density at radius 1 is 0.926 bits per heavy atom. The van der Waals surface area contributed by atoms with Crippen molar-refractivity contribution in [1.29, 1.82) is 0 Å². The Balaban J connectivity index is 2.55. The monoisotopic (exact) mass is 414 g/mol. The molecule has 152 valence electrons. The van der Waals surface area contributed by atoms with Gasteiger partial charge in [0.25, 0.3) is 0 Å². The molecular formula is C20H30O5S2. The van der Waals surface area contributed by atoms with Crippen molar-refractivity contribution in [3.05, 3.63) is 24.3 Å². The molecule has 0 fully saturated rings. The minimum absolute atomic E-state index is 0.205. The number of methoxy groups -OCH3 is 2. The van der Waals surface area contributed by atoms with Crippen molar-refractivity contribution < 1.29 is 23.3 Å². The highest BCUT2D eigenvalue weighted by molar-refractivity contribution is 7.99. The maximum atomic E-state index is 12.5. The van der Waals surface area contributed by atoms with Gasteiger partial charge in [0.2, 0.25) is 0 Å². The lowest BCUT2D eigenvalue weighted by molar-refractivity contribution is -0.151. The summed E-state index contributed by atoms with van der Waals surface area (Å²) in [4.78, 5) is 25.2. The van der Waals surface area contributed by atoms with E-state index in [0.717, 1.165) is 15.5 Å². The van der Waals surface area contributed by atoms with Gasteiger partial charge >= 0.3 is 11.9 Å². The Labute approximate surface area is 169 Å². The number of thioether (sulfide) groups is 1. The summed E-state index contributed by atoms with van der Waals surface area (Å²) in [5.41, 5.74) is -1.15. The number of hydrogen-bond donors (Lipinski definition) is 0. The Bertz CT molecular complexity index is 665. The van der Waals surface area contributed by atoms with Gasteiger partial charge in [-0.3, -0.25) is 13.8 Å². The van der Waals surface area contributed by atoms with Crippen LogP contribution in [-0.4, -0.2) is 41.9 Å². The van der Waals surface area contributed by atoms with E-state index in [9.17, 15) is 13.8 Å². The molecule has 0 radical (unpaired) electrons. The van der Waals surface area contributed by atoms with Crippen molar-refractivity contribution in [2.45, 2.75) is 50.3 Å². The number of benzene rings is 1. The average molecular weight is 415 g/mol. The molecule has 0 saturated carbocycles. The minimum Gasteiger partial charge on any atom is -0.469 e. The van der Waals surface area contributed by atoms with Crippen molar-refractivity contribution in [2.24, 2.45) is 10.8 Å². The highest BCUT2D eigenvalue weighted by atomic mass is 32.2. The summed E-state index contributed by atoms with van der Waals surface area (Å²) >= 11 is 1.65. The molecule has 1 rings (SSSR count). The van der Waals surface area contributed by atoms with Crippen molar-refractivity contribution >= 4 is 34.5 Å². The third kappa shape index (κ3) is 7.30. The molecule has 0 bridgehead atoms. The van der Waals surface area contributed by atoms with Crippen LogP contribution in [0.15, 0.2) is 34.1 Å². The second-order valence-electron chi connectivity index (χ2n) is 7.62. The summed E-state index contributed by atoms with van der Waals surface area (Å²) in [6.45, 7) is 7.35. The smallest absolute Gasteiger partial charge is 0.311 e. The van der Waals surface area contributed by atoms with Gasteiger partial charge < -0.3 is 9.47 Å². The van der Waals surface area contributed by atoms with Gasteiger partial charge in [0, 0.05) is 15.5 Å². The van der Waals surface area contributed by atoms with Crippen molar-refractivity contribution in [1.82, 2.24) is 0 Å². The van der Waals surface area contributed by atoms with E-state index in [2.05, 4.69) is 0 Å². The van der Waals surface area contributed by atoms with Crippen LogP contribution in [0.5, 0.6) is 0 Å². The normalized spacial score (nSPS) is 13.1. The van der Waals surface area contributed by atoms with E-state index in [1.165, 1.54) is 14.2 Å². The van der Waals surface area contributed by atoms with Crippen LogP contribution in [0.1, 0.15) is 40.5 Å². The first-order valence-electron chi connectivity index (χ1n) is 8.81. The van der Waals surface area contributed by atoms with Crippen LogP contribution in [0.4, 0.5) is 0 Å². The van der Waals surface area contributed by atoms with Crippen LogP contribution in [0.2, 0.25) is 0 Å². The molecule has 0 heterocycles. The van der Waals surface area contributed by atoms with E-state index in [1.54, 1.807) is 25.6 Å². The first kappa shape index (κ1) is 23.7. The fourth-order valence-electron chi connectivity index (χ4n) is 2.33. The lowest BCUT2D eigenvalue weighted by atomic mass is 9.90. The molecule has 1 unspecified atom stereocenters. The standard InChI is InChI=1S/C20H30O5S2/c1-19(2,17(21)24-5)11-13-26-15-7-9-16(10-8-15)27(23)14-12-20(3,4)18(22)25-6/h7-10H,11-14H2,1-6H3. The fraction of sp³-hybridized carbons (Fsp3) is 0.600. The van der Waals surface area contributed by atoms with Gasteiger partial charge in [-0.1, -0.05) is 0 Å². The van der Waals surface area contributed by atoms with Gasteiger partial charge in [0.05, 0.1) is 35.8 Å². The molecule has 5 nitrogen and oxygen atoms in total. The van der Waals surface area contributed by atoms with Crippen LogP contribution in [0, 0.1) is 10.8 Å². The predicted molar refractivity (Wildman–Crippen MR) is 109 cm³/mol. The summed E-state index contributed by atoms with van der Waals surface area (Å²) in [6, 6.07) is 7.59. The van der Waals surface area contributed by atoms with E-state index in [0.29, 0.717) is 18.6 Å². The molecular weight excluding hydrogens is 384 g/mol. The van der Waals surface area contributed by atoms with E-state index in [1.807, 2.05) is 38.1 Å². The number of rotatable bonds is 10. The zero-order valence-corrected chi connectivity index (χ0v) is 18.6. The molecule has 0 aliphatic rings. The van der Waals surface area contributed by atoms with Gasteiger partial charge in [-0.2, -0.15) is 0 Å². The van der Waals surface area contributed by atoms with Gasteiger partial charge in [-0.05, 0) is 70.6 Å². The van der Waals surface area contributed by atoms with E-state index < -0.39 is 21.6 Å². The van der Waals surface area contributed by atoms with Gasteiger partial charge in [-0.15, -0.1) is 11.8 Å². The molecule has 1 aromatic rings. The minimum atomic E-state index is -1.16. The predicted octanol–water partition coefficient (Wildman–Crippen LogP) is 4.06. The molecule has 0 aliphatic carbocycles. The van der Waals surface area contributed by atoms with Crippen LogP contribution in [0.25, 0.3) is 0 Å². The van der Waals surface area contributed by atoms with Crippen LogP contribution in [-0.2, 0) is 29.9 Å². The largest absolute Gasteiger partial charge is 0.469 e. The van der Waals surface area contributed by atoms with Crippen molar-refractivity contribution in [3.8, 4) is 0 Å². The summed E-state index contributed by atoms with van der Waals surface area (Å²) in [6.07, 6.45) is 1.20. The number of esters is 2.